The average Bonchev–Trinajstić information content (AvgIpc) is 2.82. The lowest BCUT2D eigenvalue weighted by molar-refractivity contribution is 0.227. The lowest BCUT2D eigenvalue weighted by Crippen LogP contribution is -2.45. The van der Waals surface area contributed by atoms with E-state index in [-0.39, 0.29) is 18.1 Å². The number of hydrogen-bond acceptors (Lipinski definition) is 3. The maximum atomic E-state index is 11.8. The third kappa shape index (κ3) is 5.20. The Bertz CT molecular complexity index is 376. The molecule has 0 saturated carbocycles. The summed E-state index contributed by atoms with van der Waals surface area (Å²) in [5.41, 5.74) is 0. The van der Waals surface area contributed by atoms with Crippen LogP contribution in [-0.2, 0) is 0 Å². The minimum Gasteiger partial charge on any atom is -0.336 e. The minimum absolute atomic E-state index is 0.0930. The Morgan fingerprint density at radius 2 is 2.05 bits per heavy atom. The number of nitrogens with one attached hydrogen (secondary N) is 2. The van der Waals surface area contributed by atoms with E-state index in [1.54, 1.807) is 11.3 Å². The van der Waals surface area contributed by atoms with Crippen molar-refractivity contribution in [1.29, 1.82) is 0 Å². The van der Waals surface area contributed by atoms with Crippen molar-refractivity contribution in [2.45, 2.75) is 32.9 Å². The van der Waals surface area contributed by atoms with E-state index >= 15 is 0 Å². The van der Waals surface area contributed by atoms with Gasteiger partial charge in [-0.3, -0.25) is 0 Å². The molecule has 1 aromatic heterocycles. The lowest BCUT2D eigenvalue weighted by atomic mass is 10.1. The first kappa shape index (κ1) is 16.0. The van der Waals surface area contributed by atoms with Gasteiger partial charge >= 0.3 is 6.03 Å². The van der Waals surface area contributed by atoms with E-state index in [0.29, 0.717) is 12.5 Å². The van der Waals surface area contributed by atoms with E-state index in [9.17, 15) is 4.79 Å². The zero-order chi connectivity index (χ0) is 14.4. The van der Waals surface area contributed by atoms with Crippen molar-refractivity contribution in [3.8, 4) is 0 Å². The molecule has 0 radical (unpaired) electrons. The topological polar surface area (TPSA) is 44.4 Å². The lowest BCUT2D eigenvalue weighted by Gasteiger charge is -2.24. The van der Waals surface area contributed by atoms with Gasteiger partial charge in [-0.25, -0.2) is 4.79 Å². The molecule has 1 heterocycles. The average molecular weight is 283 g/mol. The Morgan fingerprint density at radius 3 is 2.53 bits per heavy atom. The number of thiophene rings is 1. The molecule has 5 heteroatoms. The molecular weight excluding hydrogens is 258 g/mol. The normalized spacial score (nSPS) is 14.5. The molecule has 0 aromatic carbocycles. The molecule has 2 amide bonds. The van der Waals surface area contributed by atoms with Gasteiger partial charge in [0.15, 0.2) is 0 Å². The van der Waals surface area contributed by atoms with Crippen LogP contribution in [0.5, 0.6) is 0 Å². The van der Waals surface area contributed by atoms with E-state index in [1.165, 1.54) is 4.88 Å². The van der Waals surface area contributed by atoms with Crippen LogP contribution in [0, 0.1) is 5.92 Å². The predicted octanol–water partition coefficient (Wildman–Crippen LogP) is 2.69. The largest absolute Gasteiger partial charge is 0.336 e. The summed E-state index contributed by atoms with van der Waals surface area (Å²) in [6.45, 7) is 6.83. The third-order valence-electron chi connectivity index (χ3n) is 3.31. The molecule has 0 spiro atoms. The van der Waals surface area contributed by atoms with Crippen LogP contribution in [0.2, 0.25) is 0 Å². The molecule has 4 nitrogen and oxygen atoms in total. The van der Waals surface area contributed by atoms with Crippen molar-refractivity contribution in [3.05, 3.63) is 22.4 Å². The third-order valence-corrected chi connectivity index (χ3v) is 4.28. The molecule has 0 bridgehead atoms. The van der Waals surface area contributed by atoms with Gasteiger partial charge in [-0.1, -0.05) is 19.9 Å². The number of urea groups is 1. The number of carbonyl (C=O) groups is 1. The first-order chi connectivity index (χ1) is 8.91. The zero-order valence-corrected chi connectivity index (χ0v) is 13.3. The Balaban J connectivity index is 2.47. The molecule has 19 heavy (non-hydrogen) atoms. The van der Waals surface area contributed by atoms with Crippen LogP contribution >= 0.6 is 11.3 Å². The molecule has 2 atom stereocenters. The second-order valence-corrected chi connectivity index (χ2v) is 6.36. The second-order valence-electron chi connectivity index (χ2n) is 5.38. The fraction of sp³-hybridized carbons (Fsp3) is 0.643. The monoisotopic (exact) mass is 283 g/mol. The highest BCUT2D eigenvalue weighted by atomic mass is 32.1. The summed E-state index contributed by atoms with van der Waals surface area (Å²) in [5.74, 6) is 0.438. The summed E-state index contributed by atoms with van der Waals surface area (Å²) < 4.78 is 0. The van der Waals surface area contributed by atoms with Crippen LogP contribution in [0.15, 0.2) is 17.5 Å². The van der Waals surface area contributed by atoms with Crippen LogP contribution in [0.25, 0.3) is 0 Å². The van der Waals surface area contributed by atoms with E-state index in [4.69, 9.17) is 0 Å². The molecule has 1 rings (SSSR count). The van der Waals surface area contributed by atoms with Gasteiger partial charge in [0.25, 0.3) is 0 Å². The van der Waals surface area contributed by atoms with Gasteiger partial charge in [-0.2, -0.15) is 0 Å². The van der Waals surface area contributed by atoms with Crippen molar-refractivity contribution >= 4 is 17.4 Å². The Hall–Kier alpha value is -1.07. The van der Waals surface area contributed by atoms with E-state index < -0.39 is 0 Å². The molecule has 0 fully saturated rings. The number of carbonyl (C=O) groups excluding carboxylic acids is 1. The van der Waals surface area contributed by atoms with Crippen LogP contribution in [-0.4, -0.2) is 37.6 Å². The van der Waals surface area contributed by atoms with E-state index in [0.717, 1.165) is 0 Å². The Kier molecular flexibility index (Phi) is 6.31. The highest BCUT2D eigenvalue weighted by Gasteiger charge is 2.17. The van der Waals surface area contributed by atoms with Crippen LogP contribution in [0.3, 0.4) is 0 Å². The summed E-state index contributed by atoms with van der Waals surface area (Å²) in [6, 6.07) is 4.45. The summed E-state index contributed by atoms with van der Waals surface area (Å²) in [6.07, 6.45) is 0. The van der Waals surface area contributed by atoms with Crippen LogP contribution in [0.4, 0.5) is 4.79 Å². The van der Waals surface area contributed by atoms with Gasteiger partial charge in [-0.15, -0.1) is 11.3 Å². The maximum Gasteiger partial charge on any atom is 0.315 e. The second kappa shape index (κ2) is 7.50. The van der Waals surface area contributed by atoms with E-state index in [2.05, 4.69) is 40.8 Å². The highest BCUT2D eigenvalue weighted by Crippen LogP contribution is 2.22. The molecule has 0 aliphatic heterocycles. The highest BCUT2D eigenvalue weighted by molar-refractivity contribution is 7.10. The van der Waals surface area contributed by atoms with Gasteiger partial charge in [0, 0.05) is 17.5 Å². The van der Waals surface area contributed by atoms with E-state index in [1.807, 2.05) is 27.1 Å². The smallest absolute Gasteiger partial charge is 0.315 e. The number of hydrogen-bond donors (Lipinski definition) is 2. The summed E-state index contributed by atoms with van der Waals surface area (Å²) >= 11 is 1.72. The van der Waals surface area contributed by atoms with Gasteiger partial charge in [-0.05, 0) is 38.4 Å². The Labute approximate surface area is 120 Å². The van der Waals surface area contributed by atoms with Crippen LogP contribution < -0.4 is 10.6 Å². The van der Waals surface area contributed by atoms with Crippen LogP contribution in [0.1, 0.15) is 31.7 Å². The van der Waals surface area contributed by atoms with Crippen molar-refractivity contribution in [2.75, 3.05) is 20.6 Å². The SMILES string of the molecule is CC(C)C(C)NC(=O)NCC(c1cccs1)N(C)C. The van der Waals surface area contributed by atoms with Gasteiger partial charge in [0.2, 0.25) is 0 Å². The predicted molar refractivity (Wildman–Crippen MR) is 81.6 cm³/mol. The number of likely N-dealkylation sites (N-methyl/N-ethyl adjacent to an activating group) is 1. The van der Waals surface area contributed by atoms with Crippen molar-refractivity contribution in [3.63, 3.8) is 0 Å². The minimum atomic E-state index is -0.0930. The number of rotatable bonds is 6. The van der Waals surface area contributed by atoms with Gasteiger partial charge in [0.1, 0.15) is 0 Å². The molecule has 0 aliphatic carbocycles. The first-order valence-electron chi connectivity index (χ1n) is 6.66. The standard InChI is InChI=1S/C14H25N3OS/c1-10(2)11(3)16-14(18)15-9-12(17(4)5)13-7-6-8-19-13/h6-8,10-12H,9H2,1-5H3,(H2,15,16,18). The molecule has 1 aromatic rings. The zero-order valence-electron chi connectivity index (χ0n) is 12.4. The number of amides is 2. The molecule has 0 aliphatic rings. The maximum absolute atomic E-state index is 11.8. The molecule has 0 saturated heterocycles. The molecule has 2 unspecified atom stereocenters. The Morgan fingerprint density at radius 1 is 1.37 bits per heavy atom. The molecule has 2 N–H and O–H groups in total. The van der Waals surface area contributed by atoms with Crippen molar-refractivity contribution in [2.24, 2.45) is 5.92 Å². The molecule has 108 valence electrons. The van der Waals surface area contributed by atoms with Gasteiger partial charge < -0.3 is 15.5 Å². The van der Waals surface area contributed by atoms with Crippen molar-refractivity contribution < 1.29 is 4.79 Å². The quantitative estimate of drug-likeness (QED) is 0.843. The summed E-state index contributed by atoms with van der Waals surface area (Å²) in [4.78, 5) is 15.2. The fourth-order valence-electron chi connectivity index (χ4n) is 1.63. The number of nitrogens with zero attached hydrogens (tertiary/aromatic N) is 1. The van der Waals surface area contributed by atoms with Gasteiger partial charge in [0.05, 0.1) is 6.04 Å². The first-order valence-corrected chi connectivity index (χ1v) is 7.54. The fourth-order valence-corrected chi connectivity index (χ4v) is 2.56. The van der Waals surface area contributed by atoms with Crippen molar-refractivity contribution in [1.82, 2.24) is 15.5 Å². The summed E-state index contributed by atoms with van der Waals surface area (Å²) in [7, 11) is 4.06. The molecular formula is C14H25N3OS. The summed E-state index contributed by atoms with van der Waals surface area (Å²) in [5, 5.41) is 7.97.